The van der Waals surface area contributed by atoms with Gasteiger partial charge >= 0.3 is 0 Å². The van der Waals surface area contributed by atoms with Gasteiger partial charge in [-0.3, -0.25) is 4.57 Å². The lowest BCUT2D eigenvalue weighted by Gasteiger charge is -2.43. The number of nitrogens with zero attached hydrogens (tertiary/aromatic N) is 4. The van der Waals surface area contributed by atoms with Crippen molar-refractivity contribution in [1.29, 1.82) is 0 Å². The van der Waals surface area contributed by atoms with Crippen molar-refractivity contribution < 1.29 is 0 Å². The smallest absolute Gasteiger partial charge is 0.235 e. The highest BCUT2D eigenvalue weighted by Crippen LogP contribution is 2.74. The van der Waals surface area contributed by atoms with E-state index in [1.807, 2.05) is 0 Å². The van der Waals surface area contributed by atoms with Crippen LogP contribution in [0.4, 0.5) is 0 Å². The fourth-order valence-electron chi connectivity index (χ4n) is 10.5. The molecule has 5 heteroatoms. The molecule has 4 nitrogen and oxygen atoms in total. The molecule has 0 fully saturated rings. The Morgan fingerprint density at radius 1 is 0.373 bits per heavy atom. The van der Waals surface area contributed by atoms with E-state index in [4.69, 9.17) is 9.97 Å². The summed E-state index contributed by atoms with van der Waals surface area (Å²) in [6, 6.07) is 81.6. The monoisotopic (exact) mass is 876 g/mol. The van der Waals surface area contributed by atoms with Crippen LogP contribution in [0.1, 0.15) is 12.8 Å². The lowest BCUT2D eigenvalue weighted by atomic mass is 10.0. The van der Waals surface area contributed by atoms with Crippen LogP contribution in [0.3, 0.4) is 0 Å². The third kappa shape index (κ3) is 6.30. The van der Waals surface area contributed by atoms with E-state index in [9.17, 15) is 0 Å². The topological polar surface area (TPSA) is 35.6 Å². The SMILES string of the molecule is C1=CC(S(c2ccccc2)(c2ccccc2)c2cccc(-c3nc(-n4c5ccccc5c5cc(-c6ccc7c(c6)c6ccccc6n7-c6ccccc6)ccc54)nc4ccccc34)c2)=CCC1. The molecule has 9 aromatic carbocycles. The molecule has 0 saturated heterocycles. The van der Waals surface area contributed by atoms with E-state index in [1.54, 1.807) is 0 Å². The standard InChI is InChI=1S/C62H44N4S/c1-5-21-46(22-6-1)65-57-34-17-14-30-51(57)54-41-43(36-38-59(54)65)44-37-39-60-55(42-44)52-31-15-18-35-58(52)66(60)62-63-56-33-16-13-32-53(56)61(64-62)45-20-19-29-50(40-45)67(47-23-7-2-8-24-47,48-25-9-3-10-26-48)49-27-11-4-12-28-49/h1-3,5-11,13-42H,4,12H2. The Kier molecular flexibility index (Phi) is 9.36. The van der Waals surface area contributed by atoms with Crippen molar-refractivity contribution in [2.24, 2.45) is 0 Å². The predicted octanol–water partition coefficient (Wildman–Crippen LogP) is 16.7. The zero-order valence-corrected chi connectivity index (χ0v) is 37.5. The van der Waals surface area contributed by atoms with Crippen molar-refractivity contribution >= 4 is 64.5 Å². The predicted molar refractivity (Wildman–Crippen MR) is 281 cm³/mol. The molecular weight excluding hydrogens is 833 g/mol. The Hall–Kier alpha value is -8.25. The maximum atomic E-state index is 5.60. The van der Waals surface area contributed by atoms with Crippen molar-refractivity contribution in [3.8, 4) is 34.0 Å². The first kappa shape index (κ1) is 39.1. The molecule has 0 saturated carbocycles. The van der Waals surface area contributed by atoms with Crippen LogP contribution >= 0.6 is 10.0 Å². The van der Waals surface area contributed by atoms with Gasteiger partial charge in [-0.05, 0) is 120 Å². The van der Waals surface area contributed by atoms with Crippen molar-refractivity contribution in [2.75, 3.05) is 0 Å². The van der Waals surface area contributed by atoms with E-state index < -0.39 is 10.0 Å². The molecule has 0 atom stereocenters. The molecule has 0 bridgehead atoms. The zero-order valence-electron chi connectivity index (χ0n) is 36.7. The van der Waals surface area contributed by atoms with E-state index in [1.165, 1.54) is 47.0 Å². The van der Waals surface area contributed by atoms with Crippen molar-refractivity contribution in [3.05, 3.63) is 248 Å². The maximum absolute atomic E-state index is 5.60. The number of hydrogen-bond donors (Lipinski definition) is 0. The van der Waals surface area contributed by atoms with Gasteiger partial charge in [-0.25, -0.2) is 9.97 Å². The van der Waals surface area contributed by atoms with Crippen LogP contribution in [0.2, 0.25) is 0 Å². The maximum Gasteiger partial charge on any atom is 0.235 e. The van der Waals surface area contributed by atoms with Gasteiger partial charge in [-0.15, -0.1) is 10.0 Å². The van der Waals surface area contributed by atoms with Gasteiger partial charge in [0.05, 0.1) is 33.3 Å². The molecule has 0 amide bonds. The summed E-state index contributed by atoms with van der Waals surface area (Å²) >= 11 is 0. The van der Waals surface area contributed by atoms with Gasteiger partial charge in [0.15, 0.2) is 0 Å². The van der Waals surface area contributed by atoms with Crippen LogP contribution in [0.15, 0.2) is 262 Å². The number of benzene rings is 9. The Bertz CT molecular complexity index is 3880. The van der Waals surface area contributed by atoms with Crippen LogP contribution in [0.25, 0.3) is 88.5 Å². The molecule has 0 unspecified atom stereocenters. The molecule has 3 aromatic heterocycles. The highest BCUT2D eigenvalue weighted by molar-refractivity contribution is 8.37. The summed E-state index contributed by atoms with van der Waals surface area (Å²) in [5.74, 6) is 0.649. The normalized spacial score (nSPS) is 13.2. The number of aromatic nitrogens is 4. The van der Waals surface area contributed by atoms with Gasteiger partial charge in [0.2, 0.25) is 5.95 Å². The Balaban J connectivity index is 0.987. The van der Waals surface area contributed by atoms with E-state index in [2.05, 4.69) is 252 Å². The number of para-hydroxylation sites is 4. The van der Waals surface area contributed by atoms with Crippen LogP contribution in [-0.4, -0.2) is 19.1 Å². The molecule has 13 rings (SSSR count). The second-order valence-corrected chi connectivity index (χ2v) is 20.4. The summed E-state index contributed by atoms with van der Waals surface area (Å²) in [6.07, 6.45) is 9.27. The van der Waals surface area contributed by atoms with Crippen LogP contribution in [0.5, 0.6) is 0 Å². The largest absolute Gasteiger partial charge is 0.309 e. The number of hydrogen-bond acceptors (Lipinski definition) is 2. The molecule has 12 aromatic rings. The third-order valence-electron chi connectivity index (χ3n) is 13.5. The van der Waals surface area contributed by atoms with E-state index in [0.29, 0.717) is 5.95 Å². The minimum absolute atomic E-state index is 0.649. The molecule has 318 valence electrons. The first-order valence-corrected chi connectivity index (χ1v) is 24.7. The van der Waals surface area contributed by atoms with Crippen LogP contribution in [0, 0.1) is 0 Å². The zero-order chi connectivity index (χ0) is 44.3. The van der Waals surface area contributed by atoms with E-state index in [-0.39, 0.29) is 0 Å². The fourth-order valence-corrected chi connectivity index (χ4v) is 14.5. The second-order valence-electron chi connectivity index (χ2n) is 17.2. The molecule has 1 aliphatic rings. The first-order valence-electron chi connectivity index (χ1n) is 23.0. The molecule has 0 N–H and O–H groups in total. The molecule has 1 aliphatic carbocycles. The van der Waals surface area contributed by atoms with Crippen molar-refractivity contribution in [3.63, 3.8) is 0 Å². The van der Waals surface area contributed by atoms with Gasteiger partial charge in [-0.1, -0.05) is 152 Å². The average molecular weight is 877 g/mol. The minimum Gasteiger partial charge on any atom is -0.309 e. The second kappa shape index (κ2) is 16.0. The Morgan fingerprint density at radius 2 is 0.910 bits per heavy atom. The Labute approximate surface area is 390 Å². The van der Waals surface area contributed by atoms with Gasteiger partial charge < -0.3 is 4.57 Å². The lowest BCUT2D eigenvalue weighted by Crippen LogP contribution is -2.08. The van der Waals surface area contributed by atoms with Gasteiger partial charge in [0.1, 0.15) is 0 Å². The summed E-state index contributed by atoms with van der Waals surface area (Å²) in [5.41, 5.74) is 10.9. The highest BCUT2D eigenvalue weighted by atomic mass is 32.3. The summed E-state index contributed by atoms with van der Waals surface area (Å²) in [5, 5.41) is 5.82. The molecule has 0 radical (unpaired) electrons. The molecule has 67 heavy (non-hydrogen) atoms. The van der Waals surface area contributed by atoms with Crippen LogP contribution < -0.4 is 0 Å². The fraction of sp³-hybridized carbons (Fsp3) is 0.0323. The van der Waals surface area contributed by atoms with E-state index >= 15 is 0 Å². The van der Waals surface area contributed by atoms with Crippen molar-refractivity contribution in [1.82, 2.24) is 19.1 Å². The molecular formula is C62H44N4S. The Morgan fingerprint density at radius 3 is 1.55 bits per heavy atom. The van der Waals surface area contributed by atoms with Gasteiger partial charge in [0.25, 0.3) is 0 Å². The summed E-state index contributed by atoms with van der Waals surface area (Å²) in [6.45, 7) is 0. The minimum atomic E-state index is -1.87. The highest BCUT2D eigenvalue weighted by Gasteiger charge is 2.35. The molecule has 3 heterocycles. The first-order chi connectivity index (χ1) is 33.2. The van der Waals surface area contributed by atoms with Crippen molar-refractivity contribution in [2.45, 2.75) is 27.5 Å². The summed E-state index contributed by atoms with van der Waals surface area (Å²) < 4.78 is 4.63. The molecule has 0 aliphatic heterocycles. The van der Waals surface area contributed by atoms with Gasteiger partial charge in [-0.2, -0.15) is 0 Å². The summed E-state index contributed by atoms with van der Waals surface area (Å²) in [7, 11) is -1.87. The van der Waals surface area contributed by atoms with Gasteiger partial charge in [0, 0.05) is 52.9 Å². The number of fused-ring (bicyclic) bond motifs is 7. The average Bonchev–Trinajstić information content (AvgIpc) is 3.92. The van der Waals surface area contributed by atoms with E-state index in [0.717, 1.165) is 68.1 Å². The van der Waals surface area contributed by atoms with Crippen LogP contribution in [-0.2, 0) is 0 Å². The number of rotatable bonds is 8. The molecule has 0 spiro atoms. The third-order valence-corrected chi connectivity index (χ3v) is 17.4. The summed E-state index contributed by atoms with van der Waals surface area (Å²) in [4.78, 5) is 16.2. The number of allylic oxidation sites excluding steroid dienone is 3. The lowest BCUT2D eigenvalue weighted by molar-refractivity contribution is 1.01. The quantitative estimate of drug-likeness (QED) is 0.152.